The van der Waals surface area contributed by atoms with E-state index in [1.54, 1.807) is 0 Å². The predicted octanol–water partition coefficient (Wildman–Crippen LogP) is 1.10. The average molecular weight is 485 g/mol. The van der Waals surface area contributed by atoms with E-state index in [1.165, 1.54) is 5.57 Å². The maximum absolute atomic E-state index is 10.5. The summed E-state index contributed by atoms with van der Waals surface area (Å²) in [5.41, 5.74) is 0.879. The summed E-state index contributed by atoms with van der Waals surface area (Å²) in [6.07, 6.45) is 0.468. The van der Waals surface area contributed by atoms with Gasteiger partial charge < -0.3 is 40.1 Å². The molecule has 1 heterocycles. The van der Waals surface area contributed by atoms with Gasteiger partial charge in [-0.2, -0.15) is 0 Å². The van der Waals surface area contributed by atoms with Crippen LogP contribution >= 0.6 is 0 Å². The Kier molecular flexibility index (Phi) is 7.30. The minimum Gasteiger partial charge on any atom is -0.394 e. The predicted molar refractivity (Wildman–Crippen MR) is 124 cm³/mol. The molecule has 0 unspecified atom stereocenters. The van der Waals surface area contributed by atoms with Crippen LogP contribution in [-0.2, 0) is 9.47 Å². The maximum Gasteiger partial charge on any atom is 0.186 e. The first-order chi connectivity index (χ1) is 15.9. The number of aliphatic hydroxyl groups is 6. The fourth-order valence-electron chi connectivity index (χ4n) is 7.79. The number of ether oxygens (including phenoxy) is 2. The van der Waals surface area contributed by atoms with Crippen molar-refractivity contribution in [2.45, 2.75) is 109 Å². The van der Waals surface area contributed by atoms with Crippen LogP contribution in [0.2, 0.25) is 0 Å². The minimum atomic E-state index is -1.44. The molecule has 0 aromatic carbocycles. The van der Waals surface area contributed by atoms with Crippen LogP contribution in [0.4, 0.5) is 0 Å². The molecule has 1 aliphatic heterocycles. The normalized spacial score (nSPS) is 49.5. The van der Waals surface area contributed by atoms with Gasteiger partial charge in [-0.25, -0.2) is 0 Å². The van der Waals surface area contributed by atoms with Crippen LogP contribution in [-0.4, -0.2) is 86.8 Å². The lowest BCUT2D eigenvalue weighted by Gasteiger charge is -2.62. The number of fused-ring (bicyclic) bond motifs is 3. The van der Waals surface area contributed by atoms with Gasteiger partial charge in [-0.3, -0.25) is 0 Å². The fourth-order valence-corrected chi connectivity index (χ4v) is 7.79. The highest BCUT2D eigenvalue weighted by Gasteiger charge is 2.59. The molecule has 8 nitrogen and oxygen atoms in total. The molecule has 4 aliphatic rings. The molecule has 11 atom stereocenters. The SMILES string of the molecule is CC1(C)[C@H](O[C@@H]2O[C@H](CO)[C@@H](O)[C@H](O)[C@H]2O)CC[C@]2(C)[C@H]3CC[C@@](C)([C@@H](O)CO)C=C3CC[C@@H]12. The largest absolute Gasteiger partial charge is 0.394 e. The molecular weight excluding hydrogens is 440 g/mol. The first-order valence-electron chi connectivity index (χ1n) is 12.9. The van der Waals surface area contributed by atoms with Crippen molar-refractivity contribution in [3.05, 3.63) is 11.6 Å². The molecule has 3 aliphatic carbocycles. The molecule has 6 N–H and O–H groups in total. The topological polar surface area (TPSA) is 140 Å². The van der Waals surface area contributed by atoms with E-state index in [-0.39, 0.29) is 29.0 Å². The molecule has 196 valence electrons. The lowest BCUT2D eigenvalue weighted by molar-refractivity contribution is -0.327. The number of aliphatic hydroxyl groups excluding tert-OH is 6. The van der Waals surface area contributed by atoms with Crippen LogP contribution in [0.3, 0.4) is 0 Å². The first-order valence-corrected chi connectivity index (χ1v) is 12.9. The summed E-state index contributed by atoms with van der Waals surface area (Å²) in [5.74, 6) is 0.801. The van der Waals surface area contributed by atoms with Gasteiger partial charge in [0.25, 0.3) is 0 Å². The lowest BCUT2D eigenvalue weighted by atomic mass is 9.45. The van der Waals surface area contributed by atoms with Gasteiger partial charge in [-0.05, 0) is 61.2 Å². The van der Waals surface area contributed by atoms with Gasteiger partial charge in [0.1, 0.15) is 24.4 Å². The van der Waals surface area contributed by atoms with Gasteiger partial charge >= 0.3 is 0 Å². The van der Waals surface area contributed by atoms with Crippen LogP contribution in [0.1, 0.15) is 66.2 Å². The Labute approximate surface area is 202 Å². The minimum absolute atomic E-state index is 0.0777. The molecule has 0 bridgehead atoms. The monoisotopic (exact) mass is 484 g/mol. The molecule has 0 aromatic heterocycles. The Hall–Kier alpha value is -0.580. The molecule has 0 spiro atoms. The summed E-state index contributed by atoms with van der Waals surface area (Å²) >= 11 is 0. The molecule has 0 aromatic rings. The first kappa shape index (κ1) is 26.5. The van der Waals surface area contributed by atoms with E-state index in [2.05, 4.69) is 26.8 Å². The van der Waals surface area contributed by atoms with E-state index in [9.17, 15) is 30.6 Å². The molecular formula is C26H44O8. The maximum atomic E-state index is 10.5. The zero-order chi connectivity index (χ0) is 25.1. The number of allylic oxidation sites excluding steroid dienone is 1. The molecule has 0 radical (unpaired) electrons. The molecule has 8 heteroatoms. The second-order valence-electron chi connectivity index (χ2n) is 12.3. The average Bonchev–Trinajstić information content (AvgIpc) is 2.80. The smallest absolute Gasteiger partial charge is 0.186 e. The van der Waals surface area contributed by atoms with Gasteiger partial charge in [0.05, 0.1) is 25.4 Å². The number of hydrogen-bond acceptors (Lipinski definition) is 8. The standard InChI is InChI=1S/C26H44O8/c1-24(2)17-6-5-14-11-25(3,18(29)13-28)9-7-15(14)26(17,4)10-8-19(24)34-23-22(32)21(31)20(30)16(12-27)33-23/h11,15-23,27-32H,5-10,12-13H2,1-4H3/t15-,16+,17-,18-,19+,20+,21-,22+,23-,25+,26+/m0/s1. The highest BCUT2D eigenvalue weighted by Crippen LogP contribution is 2.64. The highest BCUT2D eigenvalue weighted by molar-refractivity contribution is 5.25. The van der Waals surface area contributed by atoms with Crippen molar-refractivity contribution >= 4 is 0 Å². The van der Waals surface area contributed by atoms with E-state index < -0.39 is 43.4 Å². The highest BCUT2D eigenvalue weighted by atomic mass is 16.7. The summed E-state index contributed by atoms with van der Waals surface area (Å²) < 4.78 is 11.9. The van der Waals surface area contributed by atoms with Gasteiger partial charge in [-0.15, -0.1) is 0 Å². The third-order valence-electron chi connectivity index (χ3n) is 10.0. The van der Waals surface area contributed by atoms with Gasteiger partial charge in [0.2, 0.25) is 0 Å². The van der Waals surface area contributed by atoms with Gasteiger partial charge in [0, 0.05) is 5.41 Å². The van der Waals surface area contributed by atoms with E-state index in [0.29, 0.717) is 11.8 Å². The van der Waals surface area contributed by atoms with Crippen molar-refractivity contribution in [2.75, 3.05) is 13.2 Å². The molecule has 1 saturated heterocycles. The summed E-state index contributed by atoms with van der Waals surface area (Å²) in [4.78, 5) is 0. The summed E-state index contributed by atoms with van der Waals surface area (Å²) in [7, 11) is 0. The van der Waals surface area contributed by atoms with Crippen molar-refractivity contribution in [3.8, 4) is 0 Å². The third-order valence-corrected chi connectivity index (χ3v) is 10.0. The van der Waals surface area contributed by atoms with Crippen molar-refractivity contribution < 1.29 is 40.1 Å². The van der Waals surface area contributed by atoms with E-state index >= 15 is 0 Å². The second kappa shape index (κ2) is 9.38. The van der Waals surface area contributed by atoms with Crippen LogP contribution < -0.4 is 0 Å². The number of hydrogen-bond donors (Lipinski definition) is 6. The van der Waals surface area contributed by atoms with Gasteiger partial charge in [0.15, 0.2) is 6.29 Å². The Bertz CT molecular complexity index is 768. The lowest BCUT2D eigenvalue weighted by Crippen LogP contribution is -2.62. The Balaban J connectivity index is 1.53. The van der Waals surface area contributed by atoms with Crippen molar-refractivity contribution in [3.63, 3.8) is 0 Å². The molecule has 2 saturated carbocycles. The zero-order valence-corrected chi connectivity index (χ0v) is 20.9. The Morgan fingerprint density at radius 1 is 1.00 bits per heavy atom. The van der Waals surface area contributed by atoms with Crippen molar-refractivity contribution in [2.24, 2.45) is 28.1 Å². The quantitative estimate of drug-likeness (QED) is 0.252. The molecule has 0 amide bonds. The second-order valence-corrected chi connectivity index (χ2v) is 12.3. The van der Waals surface area contributed by atoms with Crippen LogP contribution in [0.25, 0.3) is 0 Å². The summed E-state index contributed by atoms with van der Waals surface area (Å²) in [6, 6.07) is 0. The summed E-state index contributed by atoms with van der Waals surface area (Å²) in [5, 5.41) is 60.2. The van der Waals surface area contributed by atoms with E-state index in [4.69, 9.17) is 9.47 Å². The van der Waals surface area contributed by atoms with Crippen molar-refractivity contribution in [1.82, 2.24) is 0 Å². The van der Waals surface area contributed by atoms with Crippen LogP contribution in [0, 0.1) is 28.1 Å². The number of rotatable bonds is 5. The summed E-state index contributed by atoms with van der Waals surface area (Å²) in [6.45, 7) is 8.14. The van der Waals surface area contributed by atoms with Crippen LogP contribution in [0.5, 0.6) is 0 Å². The fraction of sp³-hybridized carbons (Fsp3) is 0.923. The Morgan fingerprint density at radius 3 is 2.35 bits per heavy atom. The van der Waals surface area contributed by atoms with Gasteiger partial charge in [-0.1, -0.05) is 39.3 Å². The molecule has 4 rings (SSSR count). The zero-order valence-electron chi connectivity index (χ0n) is 20.9. The van der Waals surface area contributed by atoms with Crippen LogP contribution in [0.15, 0.2) is 11.6 Å². The molecule has 34 heavy (non-hydrogen) atoms. The van der Waals surface area contributed by atoms with Crippen molar-refractivity contribution in [1.29, 1.82) is 0 Å². The van der Waals surface area contributed by atoms with E-state index in [0.717, 1.165) is 38.5 Å². The third kappa shape index (κ3) is 4.18. The Morgan fingerprint density at radius 2 is 1.71 bits per heavy atom. The van der Waals surface area contributed by atoms with E-state index in [1.807, 2.05) is 6.92 Å². The molecule has 3 fully saturated rings.